The number of allylic oxidation sites excluding steroid dienone is 4. The molecule has 0 nitrogen and oxygen atoms in total. The molecule has 0 aliphatic heterocycles. The zero-order valence-electron chi connectivity index (χ0n) is 13.9. The van der Waals surface area contributed by atoms with Gasteiger partial charge in [-0.05, 0) is 49.7 Å². The molecule has 0 aromatic rings. The summed E-state index contributed by atoms with van der Waals surface area (Å²) in [5.41, 5.74) is 2.27. The van der Waals surface area contributed by atoms with Crippen LogP contribution in [0.25, 0.3) is 0 Å². The number of halogens is 1. The third-order valence-corrected chi connectivity index (χ3v) is 4.43. The highest BCUT2D eigenvalue weighted by molar-refractivity contribution is 5.32. The zero-order valence-corrected chi connectivity index (χ0v) is 13.9. The van der Waals surface area contributed by atoms with E-state index in [4.69, 9.17) is 0 Å². The Morgan fingerprint density at radius 3 is 1.89 bits per heavy atom. The molecule has 1 rings (SSSR count). The van der Waals surface area contributed by atoms with Crippen LogP contribution in [-0.2, 0) is 0 Å². The average molecular weight is 268 g/mol. The van der Waals surface area contributed by atoms with Crippen LogP contribution in [0.2, 0.25) is 0 Å². The fraction of sp³-hybridized carbons (Fsp3) is 0.778. The first-order valence-electron chi connectivity index (χ1n) is 8.01. The van der Waals surface area contributed by atoms with E-state index in [-0.39, 0.29) is 11.2 Å². The van der Waals surface area contributed by atoms with E-state index in [1.165, 1.54) is 24.8 Å². The van der Waals surface area contributed by atoms with Crippen LogP contribution in [0.5, 0.6) is 0 Å². The minimum Gasteiger partial charge on any atom is -0.207 e. The molecule has 0 spiro atoms. The summed E-state index contributed by atoms with van der Waals surface area (Å²) in [6.45, 7) is 12.9. The van der Waals surface area contributed by atoms with Crippen molar-refractivity contribution in [3.8, 4) is 0 Å². The number of hydrogen-bond donors (Lipinski definition) is 0. The van der Waals surface area contributed by atoms with E-state index in [9.17, 15) is 4.39 Å². The second-order valence-electron chi connectivity index (χ2n) is 5.94. The largest absolute Gasteiger partial charge is 0.207 e. The first kappa shape index (κ1) is 18.4. The molecule has 1 aliphatic carbocycles. The molecule has 0 aromatic carbocycles. The van der Waals surface area contributed by atoms with Crippen LogP contribution >= 0.6 is 0 Å². The standard InChI is InChI=1S/C13H21F.C5H12/c1-5-13(4,6-2)11-8-7-10(3)9-12(11)14;1-3-5-4-2/h9H,5-8H2,1-4H3;3-5H2,1-2H3. The molecule has 0 bridgehead atoms. The van der Waals surface area contributed by atoms with E-state index in [0.717, 1.165) is 31.3 Å². The Morgan fingerprint density at radius 2 is 1.58 bits per heavy atom. The van der Waals surface area contributed by atoms with Crippen molar-refractivity contribution in [2.45, 2.75) is 86.5 Å². The monoisotopic (exact) mass is 268 g/mol. The van der Waals surface area contributed by atoms with Gasteiger partial charge in [-0.25, -0.2) is 4.39 Å². The van der Waals surface area contributed by atoms with Crippen molar-refractivity contribution in [3.63, 3.8) is 0 Å². The van der Waals surface area contributed by atoms with Gasteiger partial charge in [-0.2, -0.15) is 0 Å². The number of hydrogen-bond acceptors (Lipinski definition) is 0. The molecule has 0 fully saturated rings. The molecule has 112 valence electrons. The Labute approximate surface area is 120 Å². The van der Waals surface area contributed by atoms with Gasteiger partial charge in [0.1, 0.15) is 5.83 Å². The Balaban J connectivity index is 0.000000555. The van der Waals surface area contributed by atoms with Gasteiger partial charge in [0, 0.05) is 0 Å². The van der Waals surface area contributed by atoms with Crippen LogP contribution in [0.3, 0.4) is 0 Å². The third kappa shape index (κ3) is 5.93. The van der Waals surface area contributed by atoms with Crippen molar-refractivity contribution in [2.24, 2.45) is 5.41 Å². The lowest BCUT2D eigenvalue weighted by Crippen LogP contribution is -2.19. The first-order valence-corrected chi connectivity index (χ1v) is 8.01. The summed E-state index contributed by atoms with van der Waals surface area (Å²) in [6.07, 6.45) is 9.78. The summed E-state index contributed by atoms with van der Waals surface area (Å²) in [4.78, 5) is 0. The van der Waals surface area contributed by atoms with Crippen LogP contribution in [-0.4, -0.2) is 0 Å². The van der Waals surface area contributed by atoms with Crippen molar-refractivity contribution in [1.82, 2.24) is 0 Å². The molecule has 0 heterocycles. The van der Waals surface area contributed by atoms with Gasteiger partial charge in [0.25, 0.3) is 0 Å². The fourth-order valence-corrected chi connectivity index (χ4v) is 2.44. The summed E-state index contributed by atoms with van der Waals surface area (Å²) in [5, 5.41) is 0. The van der Waals surface area contributed by atoms with Gasteiger partial charge in [0.05, 0.1) is 0 Å². The predicted molar refractivity (Wildman–Crippen MR) is 85.0 cm³/mol. The van der Waals surface area contributed by atoms with Gasteiger partial charge < -0.3 is 0 Å². The molecule has 0 aromatic heterocycles. The summed E-state index contributed by atoms with van der Waals surface area (Å²) < 4.78 is 13.8. The lowest BCUT2D eigenvalue weighted by molar-refractivity contribution is 0.341. The second-order valence-corrected chi connectivity index (χ2v) is 5.94. The van der Waals surface area contributed by atoms with Crippen LogP contribution < -0.4 is 0 Å². The van der Waals surface area contributed by atoms with E-state index < -0.39 is 0 Å². The lowest BCUT2D eigenvalue weighted by Gasteiger charge is -2.32. The zero-order chi connectivity index (χ0) is 14.9. The number of unbranched alkanes of at least 4 members (excludes halogenated alkanes) is 2. The van der Waals surface area contributed by atoms with E-state index in [0.29, 0.717) is 0 Å². The van der Waals surface area contributed by atoms with Crippen LogP contribution in [0.1, 0.15) is 86.5 Å². The molecule has 0 amide bonds. The molecule has 1 aliphatic rings. The quantitative estimate of drug-likeness (QED) is 0.505. The molecular weight excluding hydrogens is 235 g/mol. The minimum absolute atomic E-state index is 0.0277. The molecule has 0 radical (unpaired) electrons. The Kier molecular flexibility index (Phi) is 9.05. The molecule has 0 saturated carbocycles. The van der Waals surface area contributed by atoms with Gasteiger partial charge in [0.2, 0.25) is 0 Å². The van der Waals surface area contributed by atoms with Gasteiger partial charge in [0.15, 0.2) is 0 Å². The Bertz CT molecular complexity index is 304. The SMILES string of the molecule is CCC(C)(CC)C1=C(F)C=C(C)CC1.CCCCC. The summed E-state index contributed by atoms with van der Waals surface area (Å²) in [5.74, 6) is 0.0277. The van der Waals surface area contributed by atoms with Crippen molar-refractivity contribution in [3.05, 3.63) is 23.0 Å². The van der Waals surface area contributed by atoms with Crippen LogP contribution in [0.15, 0.2) is 23.0 Å². The molecule has 0 N–H and O–H groups in total. The van der Waals surface area contributed by atoms with Gasteiger partial charge in [-0.3, -0.25) is 0 Å². The van der Waals surface area contributed by atoms with Crippen molar-refractivity contribution < 1.29 is 4.39 Å². The summed E-state index contributed by atoms with van der Waals surface area (Å²) >= 11 is 0. The normalized spacial score (nSPS) is 15.8. The topological polar surface area (TPSA) is 0 Å². The average Bonchev–Trinajstić information content (AvgIpc) is 2.39. The maximum atomic E-state index is 13.8. The smallest absolute Gasteiger partial charge is 0.122 e. The summed E-state index contributed by atoms with van der Waals surface area (Å²) in [7, 11) is 0. The minimum atomic E-state index is 0.0277. The van der Waals surface area contributed by atoms with Crippen molar-refractivity contribution >= 4 is 0 Å². The Morgan fingerprint density at radius 1 is 1.05 bits per heavy atom. The molecule has 1 heteroatoms. The lowest BCUT2D eigenvalue weighted by atomic mass is 9.73. The highest BCUT2D eigenvalue weighted by Gasteiger charge is 2.28. The summed E-state index contributed by atoms with van der Waals surface area (Å²) in [6, 6.07) is 0. The molecule has 0 saturated heterocycles. The maximum absolute atomic E-state index is 13.8. The second kappa shape index (κ2) is 9.34. The maximum Gasteiger partial charge on any atom is 0.122 e. The highest BCUT2D eigenvalue weighted by Crippen LogP contribution is 2.42. The predicted octanol–water partition coefficient (Wildman–Crippen LogP) is 6.97. The van der Waals surface area contributed by atoms with E-state index in [1.807, 2.05) is 6.92 Å². The van der Waals surface area contributed by atoms with E-state index >= 15 is 0 Å². The van der Waals surface area contributed by atoms with Crippen molar-refractivity contribution in [2.75, 3.05) is 0 Å². The molecule has 19 heavy (non-hydrogen) atoms. The highest BCUT2D eigenvalue weighted by atomic mass is 19.1. The van der Waals surface area contributed by atoms with E-state index in [2.05, 4.69) is 34.6 Å². The van der Waals surface area contributed by atoms with Gasteiger partial charge in [-0.1, -0.05) is 59.5 Å². The van der Waals surface area contributed by atoms with E-state index in [1.54, 1.807) is 6.08 Å². The number of rotatable bonds is 5. The molecule has 0 unspecified atom stereocenters. The van der Waals surface area contributed by atoms with Crippen molar-refractivity contribution in [1.29, 1.82) is 0 Å². The third-order valence-electron chi connectivity index (χ3n) is 4.43. The van der Waals surface area contributed by atoms with Gasteiger partial charge >= 0.3 is 0 Å². The van der Waals surface area contributed by atoms with Crippen LogP contribution in [0, 0.1) is 5.41 Å². The Hall–Kier alpha value is -0.590. The van der Waals surface area contributed by atoms with Gasteiger partial charge in [-0.15, -0.1) is 0 Å². The molecule has 0 atom stereocenters. The van der Waals surface area contributed by atoms with Crippen LogP contribution in [0.4, 0.5) is 4.39 Å². The fourth-order valence-electron chi connectivity index (χ4n) is 2.44. The molecular formula is C18H33F. The first-order chi connectivity index (χ1) is 8.95.